The first-order valence-corrected chi connectivity index (χ1v) is 16.4. The number of hydrogen-bond donors (Lipinski definition) is 0. The molecule has 1 heterocycles. The quantitative estimate of drug-likeness (QED) is 0.185. The fourth-order valence-corrected chi connectivity index (χ4v) is 7.00. The Morgan fingerprint density at radius 2 is 0.917 bits per heavy atom. The van der Waals surface area contributed by atoms with Crippen LogP contribution in [0.25, 0.3) is 66.1 Å². The van der Waals surface area contributed by atoms with Gasteiger partial charge in [0.2, 0.25) is 0 Å². The van der Waals surface area contributed by atoms with Gasteiger partial charge < -0.3 is 9.32 Å². The number of hydrogen-bond acceptors (Lipinski definition) is 2. The van der Waals surface area contributed by atoms with Gasteiger partial charge in [-0.25, -0.2) is 0 Å². The average molecular weight is 614 g/mol. The molecule has 0 aliphatic carbocycles. The Morgan fingerprint density at radius 3 is 1.60 bits per heavy atom. The van der Waals surface area contributed by atoms with Crippen molar-refractivity contribution in [1.29, 1.82) is 0 Å². The SMILES string of the molecule is c1ccc(-c2ccc(-c3c4ccccc4cc4c3oc3cccc(-c5ccc(N(c6ccccc6)c6ccccc6)cc5)c34)cc2)cc1. The lowest BCUT2D eigenvalue weighted by Gasteiger charge is -2.25. The lowest BCUT2D eigenvalue weighted by molar-refractivity contribution is 0.670. The van der Waals surface area contributed by atoms with E-state index in [1.54, 1.807) is 0 Å². The number of furan rings is 1. The third-order valence-electron chi connectivity index (χ3n) is 9.26. The van der Waals surface area contributed by atoms with Gasteiger partial charge in [-0.05, 0) is 87.1 Å². The summed E-state index contributed by atoms with van der Waals surface area (Å²) in [5.74, 6) is 0. The molecule has 1 aromatic heterocycles. The first kappa shape index (κ1) is 27.9. The fraction of sp³-hybridized carbons (Fsp3) is 0. The van der Waals surface area contributed by atoms with E-state index < -0.39 is 0 Å². The molecule has 0 saturated heterocycles. The summed E-state index contributed by atoms with van der Waals surface area (Å²) >= 11 is 0. The van der Waals surface area contributed by atoms with Gasteiger partial charge in [0.05, 0.1) is 0 Å². The average Bonchev–Trinajstić information content (AvgIpc) is 3.54. The minimum Gasteiger partial charge on any atom is -0.455 e. The first-order valence-electron chi connectivity index (χ1n) is 16.4. The summed E-state index contributed by atoms with van der Waals surface area (Å²) in [5, 5.41) is 4.64. The van der Waals surface area contributed by atoms with Gasteiger partial charge >= 0.3 is 0 Å². The Kier molecular flexibility index (Phi) is 6.84. The van der Waals surface area contributed by atoms with Crippen LogP contribution in [-0.2, 0) is 0 Å². The Balaban J connectivity index is 1.19. The zero-order valence-electron chi connectivity index (χ0n) is 26.3. The number of benzene rings is 8. The largest absolute Gasteiger partial charge is 0.455 e. The van der Waals surface area contributed by atoms with E-state index in [0.29, 0.717) is 0 Å². The maximum atomic E-state index is 6.79. The van der Waals surface area contributed by atoms with Crippen LogP contribution in [0.15, 0.2) is 192 Å². The highest BCUT2D eigenvalue weighted by Crippen LogP contribution is 2.45. The van der Waals surface area contributed by atoms with Gasteiger partial charge in [-0.1, -0.05) is 140 Å². The summed E-state index contributed by atoms with van der Waals surface area (Å²) in [6.07, 6.45) is 0. The number of rotatable bonds is 6. The van der Waals surface area contributed by atoms with E-state index >= 15 is 0 Å². The van der Waals surface area contributed by atoms with Crippen LogP contribution in [0.2, 0.25) is 0 Å². The van der Waals surface area contributed by atoms with Crippen LogP contribution in [0.3, 0.4) is 0 Å². The van der Waals surface area contributed by atoms with Crippen molar-refractivity contribution in [3.8, 4) is 33.4 Å². The highest BCUT2D eigenvalue weighted by Gasteiger charge is 2.19. The summed E-state index contributed by atoms with van der Waals surface area (Å²) in [4.78, 5) is 2.29. The van der Waals surface area contributed by atoms with E-state index in [0.717, 1.165) is 61.3 Å². The second kappa shape index (κ2) is 11.8. The van der Waals surface area contributed by atoms with Gasteiger partial charge in [0.15, 0.2) is 0 Å². The van der Waals surface area contributed by atoms with Crippen molar-refractivity contribution in [2.24, 2.45) is 0 Å². The van der Waals surface area contributed by atoms with Gasteiger partial charge in [0, 0.05) is 33.4 Å². The highest BCUT2D eigenvalue weighted by molar-refractivity contribution is 6.21. The highest BCUT2D eigenvalue weighted by atomic mass is 16.3. The standard InChI is InChI=1S/C46H31NO/c1-4-13-32(14-5-1)33-23-25-35(26-24-33)44-41-20-11-10-15-36(41)31-42-45-40(21-12-22-43(45)48-46(42)44)34-27-29-39(30-28-34)47(37-16-6-2-7-17-37)38-18-8-3-9-19-38/h1-31H. The molecule has 0 saturated carbocycles. The monoisotopic (exact) mass is 613 g/mol. The van der Waals surface area contributed by atoms with E-state index in [-0.39, 0.29) is 0 Å². The van der Waals surface area contributed by atoms with E-state index in [4.69, 9.17) is 4.42 Å². The van der Waals surface area contributed by atoms with Crippen molar-refractivity contribution in [3.63, 3.8) is 0 Å². The lowest BCUT2D eigenvalue weighted by Crippen LogP contribution is -2.09. The normalized spacial score (nSPS) is 11.3. The smallest absolute Gasteiger partial charge is 0.143 e. The Labute approximate surface area is 279 Å². The number of anilines is 3. The molecule has 2 heteroatoms. The molecule has 0 N–H and O–H groups in total. The summed E-state index contributed by atoms with van der Waals surface area (Å²) in [7, 11) is 0. The molecule has 0 spiro atoms. The van der Waals surface area contributed by atoms with Crippen molar-refractivity contribution in [1.82, 2.24) is 0 Å². The molecule has 0 bridgehead atoms. The van der Waals surface area contributed by atoms with Crippen LogP contribution in [0.1, 0.15) is 0 Å². The van der Waals surface area contributed by atoms with E-state index in [2.05, 4.69) is 193 Å². The van der Waals surface area contributed by atoms with Gasteiger partial charge in [0.25, 0.3) is 0 Å². The molecule has 0 atom stereocenters. The molecule has 0 fully saturated rings. The molecule has 48 heavy (non-hydrogen) atoms. The van der Waals surface area contributed by atoms with Gasteiger partial charge in [-0.15, -0.1) is 0 Å². The molecule has 8 aromatic carbocycles. The van der Waals surface area contributed by atoms with Crippen molar-refractivity contribution >= 4 is 49.8 Å². The second-order valence-corrected chi connectivity index (χ2v) is 12.1. The zero-order valence-corrected chi connectivity index (χ0v) is 26.3. The van der Waals surface area contributed by atoms with Crippen molar-refractivity contribution in [3.05, 3.63) is 188 Å². The van der Waals surface area contributed by atoms with Crippen molar-refractivity contribution < 1.29 is 4.42 Å². The van der Waals surface area contributed by atoms with Crippen LogP contribution in [-0.4, -0.2) is 0 Å². The van der Waals surface area contributed by atoms with Crippen LogP contribution in [0.4, 0.5) is 17.1 Å². The molecular formula is C46H31NO. The molecule has 0 radical (unpaired) electrons. The molecular weight excluding hydrogens is 583 g/mol. The Morgan fingerprint density at radius 1 is 0.375 bits per heavy atom. The summed E-state index contributed by atoms with van der Waals surface area (Å²) < 4.78 is 6.79. The van der Waals surface area contributed by atoms with E-state index in [9.17, 15) is 0 Å². The molecule has 226 valence electrons. The molecule has 0 amide bonds. The number of para-hydroxylation sites is 2. The van der Waals surface area contributed by atoms with Crippen molar-refractivity contribution in [2.75, 3.05) is 4.90 Å². The van der Waals surface area contributed by atoms with Gasteiger partial charge in [-0.2, -0.15) is 0 Å². The minimum absolute atomic E-state index is 0.888. The Bertz CT molecular complexity index is 2480. The predicted octanol–water partition coefficient (Wildman–Crippen LogP) is 13.2. The van der Waals surface area contributed by atoms with E-state index in [1.165, 1.54) is 21.9 Å². The summed E-state index contributed by atoms with van der Waals surface area (Å²) in [6, 6.07) is 66.6. The molecule has 2 nitrogen and oxygen atoms in total. The van der Waals surface area contributed by atoms with E-state index in [1.807, 2.05) is 0 Å². The topological polar surface area (TPSA) is 16.4 Å². The van der Waals surface area contributed by atoms with Crippen LogP contribution < -0.4 is 4.90 Å². The second-order valence-electron chi connectivity index (χ2n) is 12.1. The maximum absolute atomic E-state index is 6.79. The van der Waals surface area contributed by atoms with Crippen LogP contribution in [0.5, 0.6) is 0 Å². The Hall–Kier alpha value is -6.38. The fourth-order valence-electron chi connectivity index (χ4n) is 7.00. The molecule has 0 unspecified atom stereocenters. The molecule has 0 aliphatic heterocycles. The van der Waals surface area contributed by atoms with Gasteiger partial charge in [-0.3, -0.25) is 0 Å². The lowest BCUT2D eigenvalue weighted by atomic mass is 9.92. The first-order chi connectivity index (χ1) is 23.8. The minimum atomic E-state index is 0.888. The molecule has 9 aromatic rings. The summed E-state index contributed by atoms with van der Waals surface area (Å²) in [5.41, 5.74) is 12.1. The third kappa shape index (κ3) is 4.83. The number of nitrogens with zero attached hydrogens (tertiary/aromatic N) is 1. The van der Waals surface area contributed by atoms with Gasteiger partial charge in [0.1, 0.15) is 11.2 Å². The number of fused-ring (bicyclic) bond motifs is 4. The van der Waals surface area contributed by atoms with Crippen LogP contribution >= 0.6 is 0 Å². The van der Waals surface area contributed by atoms with Crippen molar-refractivity contribution in [2.45, 2.75) is 0 Å². The maximum Gasteiger partial charge on any atom is 0.143 e. The zero-order chi connectivity index (χ0) is 31.9. The van der Waals surface area contributed by atoms with Crippen LogP contribution in [0, 0.1) is 0 Å². The summed E-state index contributed by atoms with van der Waals surface area (Å²) in [6.45, 7) is 0. The third-order valence-corrected chi connectivity index (χ3v) is 9.26. The molecule has 9 rings (SSSR count). The predicted molar refractivity (Wildman–Crippen MR) is 202 cm³/mol. The molecule has 0 aliphatic rings.